The van der Waals surface area contributed by atoms with Gasteiger partial charge in [-0.15, -0.1) is 0 Å². The summed E-state index contributed by atoms with van der Waals surface area (Å²) in [6.45, 7) is 4.24. The molecule has 1 atom stereocenters. The van der Waals surface area contributed by atoms with Crippen LogP contribution in [0.25, 0.3) is 11.1 Å². The van der Waals surface area contributed by atoms with Gasteiger partial charge in [-0.3, -0.25) is 4.79 Å². The number of para-hydroxylation sites is 2. The molecule has 0 aliphatic rings. The molecule has 0 radical (unpaired) electrons. The third kappa shape index (κ3) is 4.27. The summed E-state index contributed by atoms with van der Waals surface area (Å²) >= 11 is 0. The van der Waals surface area contributed by atoms with Gasteiger partial charge in [-0.2, -0.15) is 0 Å². The smallest absolute Gasteiger partial charge is 0.251 e. The van der Waals surface area contributed by atoms with Gasteiger partial charge in [-0.05, 0) is 42.8 Å². The second kappa shape index (κ2) is 8.69. The number of aryl methyl sites for hydroxylation is 1. The monoisotopic (exact) mass is 401 g/mol. The summed E-state index contributed by atoms with van der Waals surface area (Å²) < 4.78 is 11.2. The Morgan fingerprint density at radius 2 is 1.83 bits per heavy atom. The van der Waals surface area contributed by atoms with Gasteiger partial charge < -0.3 is 19.8 Å². The van der Waals surface area contributed by atoms with Crippen molar-refractivity contribution < 1.29 is 13.9 Å². The zero-order valence-corrected chi connectivity index (χ0v) is 16.9. The molecule has 0 unspecified atom stereocenters. The molecule has 4 rings (SSSR count). The summed E-state index contributed by atoms with van der Waals surface area (Å²) in [7, 11) is 0. The minimum absolute atomic E-state index is 0.190. The molecule has 152 valence electrons. The normalized spacial score (nSPS) is 11.8. The molecule has 4 aromatic rings. The third-order valence-electron chi connectivity index (χ3n) is 4.65. The number of carbonyl (C=O) groups excluding carboxylic acids is 1. The van der Waals surface area contributed by atoms with Crippen molar-refractivity contribution in [1.29, 1.82) is 0 Å². The van der Waals surface area contributed by atoms with Gasteiger partial charge in [0.1, 0.15) is 17.3 Å². The number of nitrogens with one attached hydrogen (secondary N) is 2. The summed E-state index contributed by atoms with van der Waals surface area (Å²) in [5.74, 6) is 1.05. The van der Waals surface area contributed by atoms with E-state index in [0.717, 1.165) is 16.8 Å². The number of aromatic nitrogens is 1. The third-order valence-corrected chi connectivity index (χ3v) is 4.65. The molecule has 0 aliphatic carbocycles. The molecule has 0 saturated carbocycles. The molecule has 30 heavy (non-hydrogen) atoms. The van der Waals surface area contributed by atoms with Crippen LogP contribution in [0.2, 0.25) is 0 Å². The van der Waals surface area contributed by atoms with Gasteiger partial charge in [-0.25, -0.2) is 4.98 Å². The second-order valence-corrected chi connectivity index (χ2v) is 6.82. The first-order chi connectivity index (χ1) is 14.6. The van der Waals surface area contributed by atoms with Crippen molar-refractivity contribution in [3.63, 3.8) is 0 Å². The highest BCUT2D eigenvalue weighted by Crippen LogP contribution is 2.28. The van der Waals surface area contributed by atoms with E-state index in [2.05, 4.69) is 15.6 Å². The Morgan fingerprint density at radius 3 is 2.63 bits per heavy atom. The topological polar surface area (TPSA) is 76.4 Å². The van der Waals surface area contributed by atoms with Gasteiger partial charge in [0.15, 0.2) is 11.5 Å². The number of anilines is 2. The zero-order valence-electron chi connectivity index (χ0n) is 16.9. The van der Waals surface area contributed by atoms with Gasteiger partial charge in [0.25, 0.3) is 5.91 Å². The van der Waals surface area contributed by atoms with Crippen molar-refractivity contribution in [2.75, 3.05) is 17.2 Å². The van der Waals surface area contributed by atoms with Gasteiger partial charge in [0.05, 0.1) is 12.3 Å². The van der Waals surface area contributed by atoms with Crippen LogP contribution in [0.4, 0.5) is 11.4 Å². The summed E-state index contributed by atoms with van der Waals surface area (Å²) in [5, 5.41) is 6.33. The van der Waals surface area contributed by atoms with E-state index in [9.17, 15) is 4.79 Å². The van der Waals surface area contributed by atoms with Crippen molar-refractivity contribution in [3.05, 3.63) is 84.3 Å². The number of hydrogen-bond donors (Lipinski definition) is 2. The van der Waals surface area contributed by atoms with Crippen LogP contribution in [0.1, 0.15) is 24.4 Å². The lowest BCUT2D eigenvalue weighted by Gasteiger charge is -2.21. The molecule has 1 amide bonds. The number of benzene rings is 3. The molecule has 0 bridgehead atoms. The highest BCUT2D eigenvalue weighted by molar-refractivity contribution is 5.98. The summed E-state index contributed by atoms with van der Waals surface area (Å²) in [5.41, 5.74) is 3.71. The number of carbonyl (C=O) groups is 1. The van der Waals surface area contributed by atoms with Crippen molar-refractivity contribution in [2.45, 2.75) is 19.9 Å². The molecular formula is C24H23N3O3. The molecule has 1 aromatic heterocycles. The van der Waals surface area contributed by atoms with E-state index >= 15 is 0 Å². The Labute approximate surface area is 174 Å². The average Bonchev–Trinajstić information content (AvgIpc) is 3.13. The Balaban J connectivity index is 1.63. The summed E-state index contributed by atoms with van der Waals surface area (Å²) in [4.78, 5) is 17.7. The first-order valence-corrected chi connectivity index (χ1v) is 9.85. The van der Waals surface area contributed by atoms with Crippen LogP contribution in [-0.4, -0.2) is 17.5 Å². The number of rotatable bonds is 7. The van der Waals surface area contributed by atoms with Crippen LogP contribution in [-0.2, 0) is 4.79 Å². The zero-order chi connectivity index (χ0) is 20.9. The molecule has 0 spiro atoms. The van der Waals surface area contributed by atoms with Gasteiger partial charge in [-0.1, -0.05) is 42.5 Å². The lowest BCUT2D eigenvalue weighted by atomic mass is 10.1. The number of hydrogen-bond acceptors (Lipinski definition) is 5. The largest absolute Gasteiger partial charge is 0.492 e. The predicted molar refractivity (Wildman–Crippen MR) is 118 cm³/mol. The summed E-state index contributed by atoms with van der Waals surface area (Å²) in [6.07, 6.45) is 0. The van der Waals surface area contributed by atoms with Crippen molar-refractivity contribution in [1.82, 2.24) is 4.98 Å². The van der Waals surface area contributed by atoms with Crippen molar-refractivity contribution in [2.24, 2.45) is 0 Å². The van der Waals surface area contributed by atoms with Crippen molar-refractivity contribution in [3.8, 4) is 5.75 Å². The SMILES string of the molecule is CCOc1ccccc1NC(=O)[C@H](Nc1ccc2oc(C)nc2c1)c1ccccc1. The predicted octanol–water partition coefficient (Wildman–Crippen LogP) is 5.33. The van der Waals surface area contributed by atoms with E-state index in [-0.39, 0.29) is 5.91 Å². The number of ether oxygens (including phenoxy) is 1. The fraction of sp³-hybridized carbons (Fsp3) is 0.167. The first-order valence-electron chi connectivity index (χ1n) is 9.85. The van der Waals surface area contributed by atoms with Crippen molar-refractivity contribution >= 4 is 28.4 Å². The van der Waals surface area contributed by atoms with Crippen LogP contribution in [0.15, 0.2) is 77.2 Å². The Morgan fingerprint density at radius 1 is 1.07 bits per heavy atom. The van der Waals surface area contributed by atoms with Crippen LogP contribution in [0.5, 0.6) is 5.75 Å². The fourth-order valence-corrected chi connectivity index (χ4v) is 3.30. The van der Waals surface area contributed by atoms with E-state index in [1.54, 1.807) is 0 Å². The van der Waals surface area contributed by atoms with E-state index in [1.807, 2.05) is 86.6 Å². The maximum absolute atomic E-state index is 13.3. The molecule has 6 nitrogen and oxygen atoms in total. The fourth-order valence-electron chi connectivity index (χ4n) is 3.30. The van der Waals surface area contributed by atoms with Gasteiger partial charge in [0, 0.05) is 12.6 Å². The molecule has 3 aromatic carbocycles. The molecule has 0 saturated heterocycles. The van der Waals surface area contributed by atoms with E-state index in [0.29, 0.717) is 29.5 Å². The molecule has 6 heteroatoms. The Bertz CT molecular complexity index is 1150. The maximum atomic E-state index is 13.3. The molecule has 1 heterocycles. The Hall–Kier alpha value is -3.80. The standard InChI is InChI=1S/C24H23N3O3/c1-3-29-21-12-8-7-11-19(21)27-24(28)23(17-9-5-4-6-10-17)26-18-13-14-22-20(15-18)25-16(2)30-22/h4-15,23,26H,3H2,1-2H3,(H,27,28)/t23-/m1/s1. The van der Waals surface area contributed by atoms with Crippen LogP contribution < -0.4 is 15.4 Å². The summed E-state index contributed by atoms with van der Waals surface area (Å²) in [6, 6.07) is 22.0. The molecule has 0 aliphatic heterocycles. The van der Waals surface area contributed by atoms with Crippen LogP contribution in [0, 0.1) is 6.92 Å². The number of oxazole rings is 1. The van der Waals surface area contributed by atoms with E-state index in [4.69, 9.17) is 9.15 Å². The van der Waals surface area contributed by atoms with E-state index in [1.165, 1.54) is 0 Å². The lowest BCUT2D eigenvalue weighted by Crippen LogP contribution is -2.27. The Kier molecular flexibility index (Phi) is 5.66. The van der Waals surface area contributed by atoms with Gasteiger partial charge in [0.2, 0.25) is 0 Å². The minimum atomic E-state index is -0.605. The van der Waals surface area contributed by atoms with Gasteiger partial charge >= 0.3 is 0 Å². The minimum Gasteiger partial charge on any atom is -0.492 e. The maximum Gasteiger partial charge on any atom is 0.251 e. The second-order valence-electron chi connectivity index (χ2n) is 6.82. The molecule has 0 fully saturated rings. The average molecular weight is 401 g/mol. The quantitative estimate of drug-likeness (QED) is 0.438. The lowest BCUT2D eigenvalue weighted by molar-refractivity contribution is -0.117. The first kappa shape index (κ1) is 19.5. The number of fused-ring (bicyclic) bond motifs is 1. The van der Waals surface area contributed by atoms with Crippen LogP contribution in [0.3, 0.4) is 0 Å². The van der Waals surface area contributed by atoms with Crippen LogP contribution >= 0.6 is 0 Å². The number of amides is 1. The molecule has 2 N–H and O–H groups in total. The molecular weight excluding hydrogens is 378 g/mol. The van der Waals surface area contributed by atoms with E-state index < -0.39 is 6.04 Å². The number of nitrogens with zero attached hydrogens (tertiary/aromatic N) is 1. The highest BCUT2D eigenvalue weighted by Gasteiger charge is 2.22. The highest BCUT2D eigenvalue weighted by atomic mass is 16.5.